The number of benzene rings is 3. The van der Waals surface area contributed by atoms with Gasteiger partial charge in [-0.05, 0) is 73.2 Å². The fraction of sp³-hybridized carbons (Fsp3) is 0.143. The second-order valence-corrected chi connectivity index (χ2v) is 8.39. The van der Waals surface area contributed by atoms with Crippen LogP contribution in [0.1, 0.15) is 37.6 Å². The second-order valence-electron chi connectivity index (χ2n) is 8.39. The Morgan fingerprint density at radius 3 is 2.44 bits per heavy atom. The van der Waals surface area contributed by atoms with Crippen LogP contribution in [-0.4, -0.2) is 23.3 Å². The molecule has 0 saturated carbocycles. The van der Waals surface area contributed by atoms with Gasteiger partial charge in [-0.15, -0.1) is 0 Å². The molecule has 0 bridgehead atoms. The van der Waals surface area contributed by atoms with Gasteiger partial charge in [-0.2, -0.15) is 0 Å². The molecule has 34 heavy (non-hydrogen) atoms. The molecule has 1 N–H and O–H groups in total. The summed E-state index contributed by atoms with van der Waals surface area (Å²) in [6.45, 7) is 2.89. The Balaban J connectivity index is 1.28. The average molecular weight is 455 g/mol. The number of amides is 2. The summed E-state index contributed by atoms with van der Waals surface area (Å²) in [5.41, 5.74) is 4.59. The molecule has 2 amide bonds. The van der Waals surface area contributed by atoms with Gasteiger partial charge in [0.1, 0.15) is 17.3 Å². The number of nitrogens with zero attached hydrogens (tertiary/aromatic N) is 1. The Morgan fingerprint density at radius 1 is 0.971 bits per heavy atom. The number of carbonyl (C=O) groups excluding carboxylic acids is 2. The van der Waals surface area contributed by atoms with Crippen LogP contribution in [0.2, 0.25) is 0 Å². The first-order valence-electron chi connectivity index (χ1n) is 11.1. The van der Waals surface area contributed by atoms with E-state index >= 15 is 0 Å². The van der Waals surface area contributed by atoms with Crippen LogP contribution in [0.25, 0.3) is 11.3 Å². The molecule has 170 valence electrons. The van der Waals surface area contributed by atoms with E-state index in [2.05, 4.69) is 5.32 Å². The highest BCUT2D eigenvalue weighted by Gasteiger charge is 2.25. The molecule has 0 fully saturated rings. The largest absolute Gasteiger partial charge is 0.461 e. The summed E-state index contributed by atoms with van der Waals surface area (Å²) in [4.78, 5) is 27.1. The highest BCUT2D eigenvalue weighted by Crippen LogP contribution is 2.31. The van der Waals surface area contributed by atoms with Gasteiger partial charge < -0.3 is 14.6 Å². The van der Waals surface area contributed by atoms with Gasteiger partial charge in [-0.1, -0.05) is 18.2 Å². The van der Waals surface area contributed by atoms with Crippen LogP contribution in [0.4, 0.5) is 10.1 Å². The number of rotatable bonds is 4. The van der Waals surface area contributed by atoms with Crippen molar-refractivity contribution in [2.45, 2.75) is 19.9 Å². The number of aryl methyl sites for hydroxylation is 1. The topological polar surface area (TPSA) is 62.6 Å². The SMILES string of the molecule is Cc1ccccc1C(=O)Nc1ccc(-c2cc3c(o2)CCN(C(=O)c2ccc(F)cc2)C3)cc1. The van der Waals surface area contributed by atoms with Gasteiger partial charge in [-0.3, -0.25) is 9.59 Å². The van der Waals surface area contributed by atoms with Crippen LogP contribution >= 0.6 is 0 Å². The molecule has 5 rings (SSSR count). The number of anilines is 1. The van der Waals surface area contributed by atoms with E-state index in [1.807, 2.05) is 55.5 Å². The van der Waals surface area contributed by atoms with Gasteiger partial charge in [0, 0.05) is 47.5 Å². The van der Waals surface area contributed by atoms with E-state index in [9.17, 15) is 14.0 Å². The van der Waals surface area contributed by atoms with Crippen LogP contribution in [0.5, 0.6) is 0 Å². The molecular formula is C28H23FN2O3. The fourth-order valence-electron chi connectivity index (χ4n) is 4.17. The summed E-state index contributed by atoms with van der Waals surface area (Å²) in [6.07, 6.45) is 0.618. The lowest BCUT2D eigenvalue weighted by Gasteiger charge is -2.26. The lowest BCUT2D eigenvalue weighted by molar-refractivity contribution is 0.0729. The van der Waals surface area contributed by atoms with Crippen molar-refractivity contribution in [1.82, 2.24) is 4.90 Å². The summed E-state index contributed by atoms with van der Waals surface area (Å²) in [5, 5.41) is 2.93. The molecule has 0 aliphatic carbocycles. The molecule has 1 aliphatic rings. The number of nitrogens with one attached hydrogen (secondary N) is 1. The van der Waals surface area contributed by atoms with Crippen LogP contribution in [0, 0.1) is 12.7 Å². The maximum Gasteiger partial charge on any atom is 0.255 e. The Labute approximate surface area is 196 Å². The van der Waals surface area contributed by atoms with Crippen molar-refractivity contribution in [2.24, 2.45) is 0 Å². The monoisotopic (exact) mass is 454 g/mol. The van der Waals surface area contributed by atoms with Crippen molar-refractivity contribution in [3.05, 3.63) is 113 Å². The van der Waals surface area contributed by atoms with Crippen molar-refractivity contribution in [3.63, 3.8) is 0 Å². The third-order valence-corrected chi connectivity index (χ3v) is 6.06. The van der Waals surface area contributed by atoms with Gasteiger partial charge >= 0.3 is 0 Å². The third kappa shape index (κ3) is 4.35. The fourth-order valence-corrected chi connectivity index (χ4v) is 4.17. The van der Waals surface area contributed by atoms with Gasteiger partial charge in [-0.25, -0.2) is 4.39 Å². The van der Waals surface area contributed by atoms with E-state index in [0.717, 1.165) is 28.2 Å². The van der Waals surface area contributed by atoms with Crippen molar-refractivity contribution in [1.29, 1.82) is 0 Å². The first-order valence-corrected chi connectivity index (χ1v) is 11.1. The molecule has 2 heterocycles. The minimum atomic E-state index is -0.363. The molecule has 5 nitrogen and oxygen atoms in total. The van der Waals surface area contributed by atoms with E-state index in [-0.39, 0.29) is 17.6 Å². The lowest BCUT2D eigenvalue weighted by atomic mass is 10.1. The summed E-state index contributed by atoms with van der Waals surface area (Å²) in [6, 6.07) is 22.5. The zero-order valence-electron chi connectivity index (χ0n) is 18.7. The summed E-state index contributed by atoms with van der Waals surface area (Å²) in [5.74, 6) is 0.957. The molecule has 1 aliphatic heterocycles. The third-order valence-electron chi connectivity index (χ3n) is 6.06. The number of hydrogen-bond acceptors (Lipinski definition) is 3. The maximum atomic E-state index is 13.2. The zero-order chi connectivity index (χ0) is 23.7. The normalized spacial score (nSPS) is 12.8. The van der Waals surface area contributed by atoms with Crippen LogP contribution in [0.15, 0.2) is 83.3 Å². The highest BCUT2D eigenvalue weighted by atomic mass is 19.1. The summed E-state index contributed by atoms with van der Waals surface area (Å²) in [7, 11) is 0. The van der Waals surface area contributed by atoms with Crippen molar-refractivity contribution < 1.29 is 18.4 Å². The van der Waals surface area contributed by atoms with Crippen LogP contribution < -0.4 is 5.32 Å². The van der Waals surface area contributed by atoms with Gasteiger partial charge in [0.2, 0.25) is 0 Å². The Kier molecular flexibility index (Phi) is 5.72. The van der Waals surface area contributed by atoms with Crippen LogP contribution in [0.3, 0.4) is 0 Å². The molecule has 4 aromatic rings. The summed E-state index contributed by atoms with van der Waals surface area (Å²) >= 11 is 0. The zero-order valence-corrected chi connectivity index (χ0v) is 18.7. The Morgan fingerprint density at radius 2 is 1.71 bits per heavy atom. The number of fused-ring (bicyclic) bond motifs is 1. The molecule has 1 aromatic heterocycles. The molecule has 6 heteroatoms. The quantitative estimate of drug-likeness (QED) is 0.421. The van der Waals surface area contributed by atoms with E-state index in [0.29, 0.717) is 36.3 Å². The smallest absolute Gasteiger partial charge is 0.255 e. The number of carbonyl (C=O) groups is 2. The Hall–Kier alpha value is -4.19. The first kappa shape index (κ1) is 21.6. The predicted octanol–water partition coefficient (Wildman–Crippen LogP) is 5.84. The van der Waals surface area contributed by atoms with E-state index < -0.39 is 0 Å². The molecule has 0 spiro atoms. The first-order chi connectivity index (χ1) is 16.5. The molecule has 0 radical (unpaired) electrons. The molecule has 0 saturated heterocycles. The minimum Gasteiger partial charge on any atom is -0.461 e. The molecule has 0 unspecified atom stereocenters. The maximum absolute atomic E-state index is 13.2. The Bertz CT molecular complexity index is 1360. The number of hydrogen-bond donors (Lipinski definition) is 1. The average Bonchev–Trinajstić information content (AvgIpc) is 3.28. The van der Waals surface area contributed by atoms with E-state index in [1.165, 1.54) is 24.3 Å². The summed E-state index contributed by atoms with van der Waals surface area (Å²) < 4.78 is 19.2. The minimum absolute atomic E-state index is 0.123. The number of halogens is 1. The predicted molar refractivity (Wildman–Crippen MR) is 128 cm³/mol. The van der Waals surface area contributed by atoms with Gasteiger partial charge in [0.25, 0.3) is 11.8 Å². The van der Waals surface area contributed by atoms with E-state index in [4.69, 9.17) is 4.42 Å². The highest BCUT2D eigenvalue weighted by molar-refractivity contribution is 6.05. The standard InChI is InChI=1S/C28H23FN2O3/c1-18-4-2-3-5-24(18)27(32)30-23-12-8-19(9-13-23)26-16-21-17-31(15-14-25(21)34-26)28(33)20-6-10-22(29)11-7-20/h2-13,16H,14-15,17H2,1H3,(H,30,32). The second kappa shape index (κ2) is 8.98. The number of furan rings is 1. The molecular weight excluding hydrogens is 431 g/mol. The van der Waals surface area contributed by atoms with Crippen molar-refractivity contribution in [3.8, 4) is 11.3 Å². The van der Waals surface area contributed by atoms with Crippen molar-refractivity contribution in [2.75, 3.05) is 11.9 Å². The van der Waals surface area contributed by atoms with Crippen LogP contribution in [-0.2, 0) is 13.0 Å². The lowest BCUT2D eigenvalue weighted by Crippen LogP contribution is -2.35. The van der Waals surface area contributed by atoms with Gasteiger partial charge in [0.15, 0.2) is 0 Å². The molecule has 3 aromatic carbocycles. The van der Waals surface area contributed by atoms with E-state index in [1.54, 1.807) is 11.0 Å². The van der Waals surface area contributed by atoms with Crippen molar-refractivity contribution >= 4 is 17.5 Å². The molecule has 0 atom stereocenters. The van der Waals surface area contributed by atoms with Gasteiger partial charge in [0.05, 0.1) is 0 Å².